The Morgan fingerprint density at radius 3 is 2.58 bits per heavy atom. The van der Waals surface area contributed by atoms with Crippen LogP contribution in [0.15, 0.2) is 46.5 Å². The van der Waals surface area contributed by atoms with Crippen LogP contribution in [0.5, 0.6) is 0 Å². The third-order valence-corrected chi connectivity index (χ3v) is 9.47. The number of sulfonamides is 1. The zero-order chi connectivity index (χ0) is 23.6. The number of hydrogen-bond donors (Lipinski definition) is 0. The molecule has 0 bridgehead atoms. The van der Waals surface area contributed by atoms with Gasteiger partial charge in [-0.15, -0.1) is 0 Å². The molecule has 2 heterocycles. The predicted molar refractivity (Wildman–Crippen MR) is 134 cm³/mol. The van der Waals surface area contributed by atoms with E-state index < -0.39 is 10.0 Å². The molecule has 0 spiro atoms. The maximum absolute atomic E-state index is 13.0. The standard InChI is InChI=1S/C25H33N3O3S2/c1-5-27(6-2)33(29,30)22-11-12-24-23(15-22)26-25(28(24)16-21-8-7-13-31-21)32-17-20-10-9-18(3)19(4)14-20/h9-12,14-15,21H,5-8,13,16-17H2,1-4H3. The van der Waals surface area contributed by atoms with Crippen LogP contribution >= 0.6 is 11.8 Å². The molecule has 33 heavy (non-hydrogen) atoms. The highest BCUT2D eigenvalue weighted by molar-refractivity contribution is 7.98. The Hall–Kier alpha value is -1.87. The highest BCUT2D eigenvalue weighted by atomic mass is 32.2. The highest BCUT2D eigenvalue weighted by Gasteiger charge is 2.24. The number of nitrogens with zero attached hydrogens (tertiary/aromatic N) is 3. The predicted octanol–water partition coefficient (Wildman–Crippen LogP) is 5.15. The number of aryl methyl sites for hydroxylation is 2. The summed E-state index contributed by atoms with van der Waals surface area (Å²) in [5.41, 5.74) is 5.49. The average molecular weight is 488 g/mol. The largest absolute Gasteiger partial charge is 0.376 e. The second-order valence-corrected chi connectivity index (χ2v) is 11.5. The summed E-state index contributed by atoms with van der Waals surface area (Å²) in [4.78, 5) is 5.18. The third kappa shape index (κ3) is 5.14. The van der Waals surface area contributed by atoms with Crippen LogP contribution in [0, 0.1) is 13.8 Å². The minimum absolute atomic E-state index is 0.169. The first-order chi connectivity index (χ1) is 15.8. The van der Waals surface area contributed by atoms with Crippen LogP contribution in [-0.4, -0.2) is 48.1 Å². The first-order valence-electron chi connectivity index (χ1n) is 11.6. The number of ether oxygens (including phenoxy) is 1. The van der Waals surface area contributed by atoms with Gasteiger partial charge < -0.3 is 9.30 Å². The van der Waals surface area contributed by atoms with E-state index in [1.807, 2.05) is 19.9 Å². The normalized spacial score (nSPS) is 16.8. The number of thioether (sulfide) groups is 1. The van der Waals surface area contributed by atoms with Gasteiger partial charge in [0.15, 0.2) is 5.16 Å². The maximum Gasteiger partial charge on any atom is 0.243 e. The van der Waals surface area contributed by atoms with Gasteiger partial charge in [-0.2, -0.15) is 4.31 Å². The number of hydrogen-bond acceptors (Lipinski definition) is 5. The topological polar surface area (TPSA) is 64.4 Å². The van der Waals surface area contributed by atoms with E-state index >= 15 is 0 Å². The minimum Gasteiger partial charge on any atom is -0.376 e. The fraction of sp³-hybridized carbons (Fsp3) is 0.480. The van der Waals surface area contributed by atoms with Crippen LogP contribution in [-0.2, 0) is 27.1 Å². The number of rotatable bonds is 9. The summed E-state index contributed by atoms with van der Waals surface area (Å²) < 4.78 is 35.7. The lowest BCUT2D eigenvalue weighted by atomic mass is 10.1. The Bertz CT molecular complexity index is 1230. The van der Waals surface area contributed by atoms with Crippen molar-refractivity contribution in [3.8, 4) is 0 Å². The summed E-state index contributed by atoms with van der Waals surface area (Å²) in [6.45, 7) is 10.4. The van der Waals surface area contributed by atoms with Gasteiger partial charge in [0.1, 0.15) is 0 Å². The second kappa shape index (κ2) is 10.2. The van der Waals surface area contributed by atoms with Gasteiger partial charge in [0.05, 0.1) is 28.6 Å². The van der Waals surface area contributed by atoms with E-state index in [9.17, 15) is 8.42 Å². The Labute approximate surface area is 201 Å². The van der Waals surface area contributed by atoms with E-state index in [-0.39, 0.29) is 6.10 Å². The van der Waals surface area contributed by atoms with Gasteiger partial charge in [0, 0.05) is 25.4 Å². The second-order valence-electron chi connectivity index (χ2n) is 8.59. The summed E-state index contributed by atoms with van der Waals surface area (Å²) in [5, 5.41) is 0.899. The lowest BCUT2D eigenvalue weighted by molar-refractivity contribution is 0.0960. The lowest BCUT2D eigenvalue weighted by Gasteiger charge is -2.18. The van der Waals surface area contributed by atoms with Crippen LogP contribution in [0.3, 0.4) is 0 Å². The number of aromatic nitrogens is 2. The molecule has 4 rings (SSSR count). The summed E-state index contributed by atoms with van der Waals surface area (Å²) in [6.07, 6.45) is 2.28. The number of benzene rings is 2. The molecule has 8 heteroatoms. The van der Waals surface area contributed by atoms with Crippen LogP contribution in [0.2, 0.25) is 0 Å². The Balaban J connectivity index is 1.69. The van der Waals surface area contributed by atoms with Crippen LogP contribution in [0.25, 0.3) is 11.0 Å². The molecule has 1 aromatic heterocycles. The number of imidazole rings is 1. The minimum atomic E-state index is -3.53. The molecule has 0 aliphatic carbocycles. The Kier molecular flexibility index (Phi) is 7.48. The van der Waals surface area contributed by atoms with Crippen molar-refractivity contribution in [2.45, 2.75) is 69.0 Å². The van der Waals surface area contributed by atoms with E-state index in [1.165, 1.54) is 21.0 Å². The Morgan fingerprint density at radius 2 is 1.91 bits per heavy atom. The van der Waals surface area contributed by atoms with Crippen molar-refractivity contribution >= 4 is 32.8 Å². The molecule has 1 saturated heterocycles. The van der Waals surface area contributed by atoms with Crippen molar-refractivity contribution in [1.29, 1.82) is 0 Å². The smallest absolute Gasteiger partial charge is 0.243 e. The molecule has 0 radical (unpaired) electrons. The number of fused-ring (bicyclic) bond motifs is 1. The molecule has 1 atom stereocenters. The van der Waals surface area contributed by atoms with Crippen LogP contribution in [0.1, 0.15) is 43.4 Å². The van der Waals surface area contributed by atoms with Crippen molar-refractivity contribution in [1.82, 2.24) is 13.9 Å². The van der Waals surface area contributed by atoms with E-state index in [2.05, 4.69) is 36.6 Å². The molecule has 2 aromatic carbocycles. The Morgan fingerprint density at radius 1 is 1.12 bits per heavy atom. The third-order valence-electron chi connectivity index (χ3n) is 6.38. The highest BCUT2D eigenvalue weighted by Crippen LogP contribution is 2.31. The van der Waals surface area contributed by atoms with Crippen molar-refractivity contribution in [2.24, 2.45) is 0 Å². The van der Waals surface area contributed by atoms with Gasteiger partial charge in [-0.05, 0) is 61.6 Å². The molecule has 0 N–H and O–H groups in total. The molecule has 1 fully saturated rings. The monoisotopic (exact) mass is 487 g/mol. The SMILES string of the molecule is CCN(CC)S(=O)(=O)c1ccc2c(c1)nc(SCc1ccc(C)c(C)c1)n2CC1CCCO1. The van der Waals surface area contributed by atoms with Crippen LogP contribution < -0.4 is 0 Å². The van der Waals surface area contributed by atoms with Gasteiger partial charge in [-0.3, -0.25) is 0 Å². The first kappa shape index (κ1) is 24.3. The molecule has 0 saturated carbocycles. The van der Waals surface area contributed by atoms with E-state index in [0.29, 0.717) is 23.5 Å². The van der Waals surface area contributed by atoms with E-state index in [4.69, 9.17) is 9.72 Å². The summed E-state index contributed by atoms with van der Waals surface area (Å²) in [5.74, 6) is 0.806. The molecule has 1 unspecified atom stereocenters. The molecule has 3 aromatic rings. The molecule has 1 aliphatic rings. The molecular formula is C25H33N3O3S2. The summed E-state index contributed by atoms with van der Waals surface area (Å²) in [6, 6.07) is 11.9. The fourth-order valence-corrected chi connectivity index (χ4v) is 6.73. The molecule has 0 amide bonds. The molecule has 1 aliphatic heterocycles. The van der Waals surface area contributed by atoms with Gasteiger partial charge in [0.25, 0.3) is 0 Å². The van der Waals surface area contributed by atoms with Crippen molar-refractivity contribution in [3.63, 3.8) is 0 Å². The van der Waals surface area contributed by atoms with Gasteiger partial charge in [-0.1, -0.05) is 43.8 Å². The van der Waals surface area contributed by atoms with Gasteiger partial charge in [0.2, 0.25) is 10.0 Å². The van der Waals surface area contributed by atoms with E-state index in [0.717, 1.165) is 42.4 Å². The zero-order valence-electron chi connectivity index (χ0n) is 19.9. The van der Waals surface area contributed by atoms with Gasteiger partial charge >= 0.3 is 0 Å². The quantitative estimate of drug-likeness (QED) is 0.390. The van der Waals surface area contributed by atoms with Gasteiger partial charge in [-0.25, -0.2) is 13.4 Å². The lowest BCUT2D eigenvalue weighted by Crippen LogP contribution is -2.30. The summed E-state index contributed by atoms with van der Waals surface area (Å²) in [7, 11) is -3.53. The molecular weight excluding hydrogens is 454 g/mol. The molecule has 178 valence electrons. The zero-order valence-corrected chi connectivity index (χ0v) is 21.5. The van der Waals surface area contributed by atoms with Crippen molar-refractivity contribution < 1.29 is 13.2 Å². The summed E-state index contributed by atoms with van der Waals surface area (Å²) >= 11 is 1.69. The van der Waals surface area contributed by atoms with Crippen LogP contribution in [0.4, 0.5) is 0 Å². The van der Waals surface area contributed by atoms with E-state index in [1.54, 1.807) is 23.9 Å². The first-order valence-corrected chi connectivity index (χ1v) is 14.1. The van der Waals surface area contributed by atoms with Crippen molar-refractivity contribution in [2.75, 3.05) is 19.7 Å². The maximum atomic E-state index is 13.0. The van der Waals surface area contributed by atoms with Crippen molar-refractivity contribution in [3.05, 3.63) is 53.1 Å². The fourth-order valence-electron chi connectivity index (χ4n) is 4.28. The molecule has 6 nitrogen and oxygen atoms in total. The average Bonchev–Trinajstić information content (AvgIpc) is 3.43.